The van der Waals surface area contributed by atoms with E-state index in [4.69, 9.17) is 0 Å². The van der Waals surface area contributed by atoms with Crippen LogP contribution in [-0.2, 0) is 21.7 Å². The van der Waals surface area contributed by atoms with Crippen LogP contribution in [0.4, 0.5) is 0 Å². The number of hydrogen-bond acceptors (Lipinski definition) is 0. The van der Waals surface area contributed by atoms with Crippen molar-refractivity contribution in [2.24, 2.45) is 0 Å². The van der Waals surface area contributed by atoms with Gasteiger partial charge in [0.15, 0.2) is 0 Å². The molecule has 4 rings (SSSR count). The molecule has 0 saturated heterocycles. The van der Waals surface area contributed by atoms with E-state index in [9.17, 15) is 0 Å². The standard InChI is InChI=1S/4C9H9.Ti/c4*1-2-6-9-7-4-3-5-8-9;/h4*2-8H,1H2;/q4*-1;+4. The molecule has 0 aliphatic carbocycles. The Balaban J connectivity index is 0.000000463. The van der Waals surface area contributed by atoms with E-state index in [1.54, 1.807) is 24.3 Å². The van der Waals surface area contributed by atoms with Gasteiger partial charge < -0.3 is 0 Å². The second kappa shape index (κ2) is 23.8. The molecule has 4 aromatic carbocycles. The molecule has 1 heteroatoms. The summed E-state index contributed by atoms with van der Waals surface area (Å²) in [6, 6.07) is 40.4. The minimum Gasteiger partial charge on any atom is -0.169 e. The topological polar surface area (TPSA) is 0 Å². The summed E-state index contributed by atoms with van der Waals surface area (Å²) in [5.74, 6) is 0. The van der Waals surface area contributed by atoms with Crippen LogP contribution in [0.1, 0.15) is 22.3 Å². The summed E-state index contributed by atoms with van der Waals surface area (Å²) in [6.07, 6.45) is 15.0. The fourth-order valence-corrected chi connectivity index (χ4v) is 2.80. The van der Waals surface area contributed by atoms with Crippen LogP contribution in [0.3, 0.4) is 0 Å². The molecule has 0 spiro atoms. The molecule has 4 aromatic rings. The minimum absolute atomic E-state index is 0. The fraction of sp³-hybridized carbons (Fsp3) is 0. The summed E-state index contributed by atoms with van der Waals surface area (Å²) in [6.45, 7) is 14.4. The summed E-state index contributed by atoms with van der Waals surface area (Å²) in [4.78, 5) is 0. The molecule has 0 unspecified atom stereocenters. The average molecular weight is 517 g/mol. The third kappa shape index (κ3) is 18.0. The Morgan fingerprint density at radius 1 is 0.324 bits per heavy atom. The number of benzene rings is 4. The van der Waals surface area contributed by atoms with Crippen LogP contribution in [0, 0.1) is 25.7 Å². The zero-order chi connectivity index (χ0) is 26.1. The molecule has 0 aliphatic heterocycles. The number of hydrogen-bond donors (Lipinski definition) is 0. The van der Waals surface area contributed by atoms with E-state index in [1.807, 2.05) is 147 Å². The summed E-state index contributed by atoms with van der Waals surface area (Å²) in [7, 11) is 0. The van der Waals surface area contributed by atoms with E-state index >= 15 is 0 Å². The molecule has 0 aromatic heterocycles. The Hall–Kier alpha value is -3.97. The van der Waals surface area contributed by atoms with Gasteiger partial charge in [-0.25, -0.2) is 0 Å². The molecule has 0 aliphatic rings. The number of allylic oxidation sites excluding steroid dienone is 4. The van der Waals surface area contributed by atoms with Crippen molar-refractivity contribution in [1.82, 2.24) is 0 Å². The van der Waals surface area contributed by atoms with Gasteiger partial charge in [0, 0.05) is 0 Å². The normalized spacial score (nSPS) is 8.22. The first-order valence-electron chi connectivity index (χ1n) is 11.8. The third-order valence-electron chi connectivity index (χ3n) is 4.44. The van der Waals surface area contributed by atoms with Gasteiger partial charge in [0.25, 0.3) is 0 Å². The van der Waals surface area contributed by atoms with Crippen LogP contribution >= 0.6 is 0 Å². The molecule has 0 bridgehead atoms. The molecule has 0 N–H and O–H groups in total. The zero-order valence-electron chi connectivity index (χ0n) is 21.5. The van der Waals surface area contributed by atoms with Gasteiger partial charge in [0.05, 0.1) is 0 Å². The van der Waals surface area contributed by atoms with E-state index in [0.717, 1.165) is 0 Å². The van der Waals surface area contributed by atoms with Gasteiger partial charge in [-0.2, -0.15) is 50.6 Å². The Morgan fingerprint density at radius 3 is 0.622 bits per heavy atom. The van der Waals surface area contributed by atoms with Crippen molar-refractivity contribution < 1.29 is 21.7 Å². The SMILES string of the molecule is C=C[CH-]c1ccccc1.C=C[CH-]c1ccccc1.C=C[CH-]c1ccccc1.C=C[CH-]c1ccccc1.[Ti+4]. The predicted molar refractivity (Wildman–Crippen MR) is 160 cm³/mol. The van der Waals surface area contributed by atoms with Crippen LogP contribution in [0.5, 0.6) is 0 Å². The third-order valence-corrected chi connectivity index (χ3v) is 4.44. The molecular weight excluding hydrogens is 480 g/mol. The smallest absolute Gasteiger partial charge is 0.169 e. The van der Waals surface area contributed by atoms with Gasteiger partial charge in [-0.1, -0.05) is 24.3 Å². The predicted octanol–water partition coefficient (Wildman–Crippen LogP) is 9.70. The first kappa shape index (κ1) is 33.0. The van der Waals surface area contributed by atoms with E-state index in [0.29, 0.717) is 0 Å². The van der Waals surface area contributed by atoms with Crippen molar-refractivity contribution in [3.05, 3.63) is 220 Å². The molecule has 0 radical (unpaired) electrons. The largest absolute Gasteiger partial charge is 4.00 e. The molecule has 0 nitrogen and oxygen atoms in total. The van der Waals surface area contributed by atoms with Crippen LogP contribution in [0.15, 0.2) is 172 Å². The van der Waals surface area contributed by atoms with Gasteiger partial charge in [-0.15, -0.1) is 145 Å². The maximum atomic E-state index is 3.60. The van der Waals surface area contributed by atoms with E-state index in [2.05, 4.69) is 26.3 Å². The summed E-state index contributed by atoms with van der Waals surface area (Å²) < 4.78 is 0. The van der Waals surface area contributed by atoms with Gasteiger partial charge in [0.1, 0.15) is 0 Å². The average Bonchev–Trinajstić information content (AvgIpc) is 2.93. The molecular formula is C36H36Ti. The van der Waals surface area contributed by atoms with Crippen LogP contribution in [0.25, 0.3) is 0 Å². The Morgan fingerprint density at radius 2 is 0.486 bits per heavy atom. The Kier molecular flexibility index (Phi) is 21.2. The summed E-state index contributed by atoms with van der Waals surface area (Å²) in [5, 5.41) is 0. The van der Waals surface area contributed by atoms with Crippen molar-refractivity contribution >= 4 is 0 Å². The maximum absolute atomic E-state index is 3.60. The van der Waals surface area contributed by atoms with Crippen molar-refractivity contribution in [2.75, 3.05) is 0 Å². The first-order chi connectivity index (χ1) is 17.7. The zero-order valence-corrected chi connectivity index (χ0v) is 23.1. The molecule has 0 fully saturated rings. The first-order valence-corrected chi connectivity index (χ1v) is 11.8. The van der Waals surface area contributed by atoms with Crippen molar-refractivity contribution in [2.45, 2.75) is 0 Å². The Labute approximate surface area is 240 Å². The van der Waals surface area contributed by atoms with E-state index in [-0.39, 0.29) is 21.7 Å². The van der Waals surface area contributed by atoms with Crippen molar-refractivity contribution in [3.8, 4) is 0 Å². The van der Waals surface area contributed by atoms with Crippen molar-refractivity contribution in [3.63, 3.8) is 0 Å². The monoisotopic (exact) mass is 516 g/mol. The molecule has 184 valence electrons. The molecule has 37 heavy (non-hydrogen) atoms. The molecule has 0 atom stereocenters. The summed E-state index contributed by atoms with van der Waals surface area (Å²) >= 11 is 0. The van der Waals surface area contributed by atoms with Crippen LogP contribution < -0.4 is 0 Å². The van der Waals surface area contributed by atoms with Gasteiger partial charge in [0.2, 0.25) is 0 Å². The molecule has 0 saturated carbocycles. The maximum Gasteiger partial charge on any atom is 4.00 e. The van der Waals surface area contributed by atoms with Crippen LogP contribution in [-0.4, -0.2) is 0 Å². The van der Waals surface area contributed by atoms with Gasteiger partial charge in [-0.3, -0.25) is 0 Å². The number of rotatable bonds is 8. The van der Waals surface area contributed by atoms with Gasteiger partial charge >= 0.3 is 21.7 Å². The van der Waals surface area contributed by atoms with E-state index in [1.165, 1.54) is 22.3 Å². The minimum atomic E-state index is 0. The van der Waals surface area contributed by atoms with E-state index < -0.39 is 0 Å². The Bertz CT molecular complexity index is 887. The van der Waals surface area contributed by atoms with Gasteiger partial charge in [-0.05, 0) is 0 Å². The quantitative estimate of drug-likeness (QED) is 0.162. The second-order valence-corrected chi connectivity index (χ2v) is 7.25. The van der Waals surface area contributed by atoms with Crippen LogP contribution in [0.2, 0.25) is 0 Å². The second-order valence-electron chi connectivity index (χ2n) is 7.25. The fourth-order valence-electron chi connectivity index (χ4n) is 2.80. The summed E-state index contributed by atoms with van der Waals surface area (Å²) in [5.41, 5.74) is 4.81. The molecule has 0 heterocycles. The molecule has 0 amide bonds. The van der Waals surface area contributed by atoms with Crippen molar-refractivity contribution in [1.29, 1.82) is 0 Å².